The molecule has 0 aromatic rings. The van der Waals surface area contributed by atoms with Crippen molar-refractivity contribution < 1.29 is 14.5 Å². The molecule has 4 aliphatic heterocycles. The normalized spacial score (nSPS) is 44.2. The second-order valence-corrected chi connectivity index (χ2v) is 5.50. The van der Waals surface area contributed by atoms with Gasteiger partial charge < -0.3 is 14.5 Å². The van der Waals surface area contributed by atoms with Gasteiger partial charge in [-0.3, -0.25) is 0 Å². The lowest BCUT2D eigenvalue weighted by atomic mass is 9.72. The first-order valence-electron chi connectivity index (χ1n) is 6.53. The van der Waals surface area contributed by atoms with Crippen molar-refractivity contribution in [3.05, 3.63) is 0 Å². The first-order chi connectivity index (χ1) is 7.85. The monoisotopic (exact) mass is 223 g/mol. The molecule has 4 heteroatoms. The SMILES string of the molecule is N#C[C@@]1([NH+]2CCOCC2)C[NH+]2CCC1CC2. The quantitative estimate of drug-likeness (QED) is 0.515. The van der Waals surface area contributed by atoms with E-state index in [1.165, 1.54) is 30.8 Å². The molecule has 1 atom stereocenters. The van der Waals surface area contributed by atoms with Gasteiger partial charge in [0.25, 0.3) is 0 Å². The molecular weight excluding hydrogens is 202 g/mol. The summed E-state index contributed by atoms with van der Waals surface area (Å²) >= 11 is 0. The summed E-state index contributed by atoms with van der Waals surface area (Å²) in [4.78, 5) is 3.16. The van der Waals surface area contributed by atoms with Crippen LogP contribution in [0.2, 0.25) is 0 Å². The third-order valence-electron chi connectivity index (χ3n) is 4.85. The maximum Gasteiger partial charge on any atom is 0.236 e. The molecule has 4 saturated heterocycles. The van der Waals surface area contributed by atoms with E-state index >= 15 is 0 Å². The zero-order chi connectivity index (χ0) is 11.0. The van der Waals surface area contributed by atoms with E-state index in [1.807, 2.05) is 0 Å². The van der Waals surface area contributed by atoms with Gasteiger partial charge >= 0.3 is 0 Å². The van der Waals surface area contributed by atoms with E-state index in [-0.39, 0.29) is 5.54 Å². The van der Waals surface area contributed by atoms with Crippen LogP contribution < -0.4 is 9.80 Å². The molecule has 4 heterocycles. The fraction of sp³-hybridized carbons (Fsp3) is 0.917. The number of nitrogens with zero attached hydrogens (tertiary/aromatic N) is 1. The lowest BCUT2D eigenvalue weighted by molar-refractivity contribution is -1.02. The first kappa shape index (κ1) is 10.5. The third kappa shape index (κ3) is 1.46. The minimum Gasteiger partial charge on any atom is -0.370 e. The minimum atomic E-state index is -0.0877. The molecule has 0 spiro atoms. The Balaban J connectivity index is 1.85. The molecule has 0 aromatic heterocycles. The number of ether oxygens (including phenoxy) is 1. The summed E-state index contributed by atoms with van der Waals surface area (Å²) in [7, 11) is 0. The van der Waals surface area contributed by atoms with Crippen molar-refractivity contribution in [3.63, 3.8) is 0 Å². The van der Waals surface area contributed by atoms with E-state index < -0.39 is 0 Å². The molecule has 88 valence electrons. The van der Waals surface area contributed by atoms with Crippen molar-refractivity contribution >= 4 is 0 Å². The van der Waals surface area contributed by atoms with Gasteiger partial charge in [0.15, 0.2) is 0 Å². The summed E-state index contributed by atoms with van der Waals surface area (Å²) in [6.45, 7) is 7.37. The van der Waals surface area contributed by atoms with Crippen molar-refractivity contribution in [2.75, 3.05) is 45.9 Å². The zero-order valence-electron chi connectivity index (χ0n) is 9.80. The summed E-state index contributed by atoms with van der Waals surface area (Å²) in [6.07, 6.45) is 2.51. The molecule has 0 radical (unpaired) electrons. The van der Waals surface area contributed by atoms with Gasteiger partial charge in [0.1, 0.15) is 25.7 Å². The lowest BCUT2D eigenvalue weighted by Crippen LogP contribution is -3.31. The highest BCUT2D eigenvalue weighted by atomic mass is 16.5. The van der Waals surface area contributed by atoms with Crippen LogP contribution in [0.25, 0.3) is 0 Å². The summed E-state index contributed by atoms with van der Waals surface area (Å²) < 4.78 is 5.42. The number of nitriles is 1. The van der Waals surface area contributed by atoms with E-state index in [2.05, 4.69) is 6.07 Å². The second kappa shape index (κ2) is 3.99. The molecule has 4 rings (SSSR count). The molecule has 0 unspecified atom stereocenters. The summed E-state index contributed by atoms with van der Waals surface area (Å²) in [5.41, 5.74) is -0.0877. The second-order valence-electron chi connectivity index (χ2n) is 5.50. The molecule has 2 N–H and O–H groups in total. The Labute approximate surface area is 96.8 Å². The zero-order valence-corrected chi connectivity index (χ0v) is 9.80. The number of fused-ring (bicyclic) bond motifs is 3. The maximum atomic E-state index is 9.69. The van der Waals surface area contributed by atoms with Gasteiger partial charge in [-0.25, -0.2) is 0 Å². The van der Waals surface area contributed by atoms with Crippen LogP contribution in [0.3, 0.4) is 0 Å². The number of morpholine rings is 1. The molecule has 16 heavy (non-hydrogen) atoms. The van der Waals surface area contributed by atoms with E-state index in [0.717, 1.165) is 32.8 Å². The van der Waals surface area contributed by atoms with Crippen LogP contribution in [0.15, 0.2) is 0 Å². The highest BCUT2D eigenvalue weighted by molar-refractivity contribution is 5.07. The predicted octanol–water partition coefficient (Wildman–Crippen LogP) is -2.53. The number of hydrogen-bond donors (Lipinski definition) is 2. The van der Waals surface area contributed by atoms with Crippen LogP contribution in [0.5, 0.6) is 0 Å². The average molecular weight is 223 g/mol. The molecule has 0 aromatic carbocycles. The van der Waals surface area contributed by atoms with Crippen molar-refractivity contribution in [1.82, 2.24) is 0 Å². The number of quaternary nitrogens is 2. The highest BCUT2D eigenvalue weighted by Crippen LogP contribution is 2.25. The molecular formula is C12H21N3O+2. The fourth-order valence-corrected chi connectivity index (χ4v) is 3.92. The maximum absolute atomic E-state index is 9.69. The van der Waals surface area contributed by atoms with Crippen molar-refractivity contribution in [2.45, 2.75) is 18.4 Å². The molecule has 4 fully saturated rings. The van der Waals surface area contributed by atoms with Gasteiger partial charge in [-0.1, -0.05) is 0 Å². The highest BCUT2D eigenvalue weighted by Gasteiger charge is 2.57. The van der Waals surface area contributed by atoms with Crippen molar-refractivity contribution in [2.24, 2.45) is 5.92 Å². The Morgan fingerprint density at radius 2 is 1.81 bits per heavy atom. The molecule has 0 aliphatic carbocycles. The molecule has 4 aliphatic rings. The summed E-state index contributed by atoms with van der Waals surface area (Å²) in [6, 6.07) is 2.71. The van der Waals surface area contributed by atoms with Crippen LogP contribution in [0.1, 0.15) is 12.8 Å². The van der Waals surface area contributed by atoms with Crippen LogP contribution in [0, 0.1) is 17.2 Å². The van der Waals surface area contributed by atoms with Crippen molar-refractivity contribution in [3.8, 4) is 6.07 Å². The summed E-state index contributed by atoms with van der Waals surface area (Å²) in [5, 5.41) is 9.69. The Hall–Kier alpha value is -0.630. The fourth-order valence-electron chi connectivity index (χ4n) is 3.92. The van der Waals surface area contributed by atoms with Gasteiger partial charge in [-0.05, 0) is 0 Å². The third-order valence-corrected chi connectivity index (χ3v) is 4.85. The Morgan fingerprint density at radius 3 is 2.31 bits per heavy atom. The number of nitrogens with one attached hydrogen (secondary N) is 2. The molecule has 0 amide bonds. The van der Waals surface area contributed by atoms with Gasteiger partial charge in [-0.15, -0.1) is 0 Å². The topological polar surface area (TPSA) is 41.9 Å². The number of hydrogen-bond acceptors (Lipinski definition) is 2. The minimum absolute atomic E-state index is 0.0877. The van der Waals surface area contributed by atoms with Gasteiger partial charge in [0.05, 0.1) is 26.3 Å². The van der Waals surface area contributed by atoms with Gasteiger partial charge in [-0.2, -0.15) is 5.26 Å². The lowest BCUT2D eigenvalue weighted by Gasteiger charge is -2.49. The number of piperidine rings is 3. The number of rotatable bonds is 1. The van der Waals surface area contributed by atoms with E-state index in [0.29, 0.717) is 5.92 Å². The largest absolute Gasteiger partial charge is 0.370 e. The molecule has 4 nitrogen and oxygen atoms in total. The average Bonchev–Trinajstić information content (AvgIpc) is 2.41. The smallest absolute Gasteiger partial charge is 0.236 e. The van der Waals surface area contributed by atoms with Crippen molar-refractivity contribution in [1.29, 1.82) is 5.26 Å². The standard InChI is InChI=1S/C12H19N3O/c13-9-12(15-5-7-16-8-6-15)10-14-3-1-11(12)2-4-14/h11H,1-8,10H2/p+2/t12-/m1/s1. The van der Waals surface area contributed by atoms with Crippen LogP contribution in [0.4, 0.5) is 0 Å². The van der Waals surface area contributed by atoms with Gasteiger partial charge in [0.2, 0.25) is 5.54 Å². The summed E-state index contributed by atoms with van der Waals surface area (Å²) in [5.74, 6) is 0.642. The van der Waals surface area contributed by atoms with Crippen LogP contribution >= 0.6 is 0 Å². The van der Waals surface area contributed by atoms with E-state index in [1.54, 1.807) is 4.90 Å². The first-order valence-corrected chi connectivity index (χ1v) is 6.53. The van der Waals surface area contributed by atoms with Gasteiger partial charge in [0, 0.05) is 18.8 Å². The van der Waals surface area contributed by atoms with E-state index in [4.69, 9.17) is 4.74 Å². The predicted molar refractivity (Wildman–Crippen MR) is 58.1 cm³/mol. The Bertz CT molecular complexity index is 300. The van der Waals surface area contributed by atoms with Crippen LogP contribution in [-0.4, -0.2) is 51.5 Å². The molecule has 0 saturated carbocycles. The Morgan fingerprint density at radius 1 is 1.12 bits per heavy atom. The Kier molecular flexibility index (Phi) is 2.62. The van der Waals surface area contributed by atoms with Crippen LogP contribution in [-0.2, 0) is 4.74 Å². The van der Waals surface area contributed by atoms with E-state index in [9.17, 15) is 5.26 Å². The molecule has 2 bridgehead atoms.